The van der Waals surface area contributed by atoms with E-state index in [9.17, 15) is 4.79 Å². The number of halogens is 1. The molecule has 0 saturated carbocycles. The molecule has 2 fully saturated rings. The van der Waals surface area contributed by atoms with Crippen LogP contribution in [0.2, 0.25) is 5.02 Å². The van der Waals surface area contributed by atoms with Gasteiger partial charge in [-0.1, -0.05) is 30.7 Å². The van der Waals surface area contributed by atoms with Crippen LogP contribution >= 0.6 is 23.4 Å². The summed E-state index contributed by atoms with van der Waals surface area (Å²) < 4.78 is 5.75. The van der Waals surface area contributed by atoms with Crippen molar-refractivity contribution in [3.63, 3.8) is 0 Å². The number of hydrogen-bond acceptors (Lipinski definition) is 4. The van der Waals surface area contributed by atoms with Gasteiger partial charge in [0.15, 0.2) is 5.96 Å². The average Bonchev–Trinajstić information content (AvgIpc) is 2.73. The van der Waals surface area contributed by atoms with Gasteiger partial charge < -0.3 is 19.9 Å². The highest BCUT2D eigenvalue weighted by Crippen LogP contribution is 2.34. The van der Waals surface area contributed by atoms with Crippen molar-refractivity contribution in [3.05, 3.63) is 34.9 Å². The van der Waals surface area contributed by atoms with Crippen LogP contribution in [0.4, 0.5) is 0 Å². The van der Waals surface area contributed by atoms with Crippen LogP contribution in [0.25, 0.3) is 0 Å². The molecule has 2 aliphatic heterocycles. The monoisotopic (exact) mass is 438 g/mol. The smallest absolute Gasteiger partial charge is 0.242 e. The van der Waals surface area contributed by atoms with E-state index in [1.807, 2.05) is 40.9 Å². The molecule has 0 spiro atoms. The summed E-state index contributed by atoms with van der Waals surface area (Å²) in [5.74, 6) is 2.02. The number of aliphatic imine (C=N–C) groups is 1. The van der Waals surface area contributed by atoms with Crippen LogP contribution in [0.15, 0.2) is 29.3 Å². The fourth-order valence-corrected chi connectivity index (χ4v) is 5.23. The van der Waals surface area contributed by atoms with Crippen molar-refractivity contribution in [1.82, 2.24) is 15.1 Å². The number of benzene rings is 1. The first-order valence-corrected chi connectivity index (χ1v) is 11.6. The highest BCUT2D eigenvalue weighted by molar-refractivity contribution is 8.00. The average molecular weight is 439 g/mol. The summed E-state index contributed by atoms with van der Waals surface area (Å²) in [5, 5.41) is 4.25. The number of thioether (sulfide) groups is 1. The third-order valence-corrected chi connectivity index (χ3v) is 7.25. The Hall–Kier alpha value is -1.44. The number of nitrogens with one attached hydrogen (secondary N) is 1. The summed E-state index contributed by atoms with van der Waals surface area (Å²) in [6, 6.07) is 7.68. The molecular weight excluding hydrogens is 408 g/mol. The number of guanidine groups is 1. The van der Waals surface area contributed by atoms with E-state index < -0.39 is 0 Å². The normalized spacial score (nSPS) is 20.1. The maximum atomic E-state index is 12.7. The topological polar surface area (TPSA) is 57.2 Å². The van der Waals surface area contributed by atoms with Gasteiger partial charge in [-0.25, -0.2) is 0 Å². The molecule has 0 aromatic heterocycles. The Kier molecular flexibility index (Phi) is 8.09. The molecule has 0 atom stereocenters. The lowest BCUT2D eigenvalue weighted by atomic mass is 9.99. The standard InChI is InChI=1S/C21H31ClN4O2S/c1-3-29-21(8-12-28-13-9-21)16-24-20(23-2)26-11-10-25(19(27)15-26)14-17-4-6-18(22)7-5-17/h4-7H,3,8-16H2,1-2H3,(H,23,24). The minimum Gasteiger partial charge on any atom is -0.381 e. The molecule has 1 aromatic rings. The minimum absolute atomic E-state index is 0.123. The molecule has 3 rings (SSSR count). The second-order valence-corrected chi connectivity index (χ2v) is 9.66. The predicted octanol–water partition coefficient (Wildman–Crippen LogP) is 2.86. The summed E-state index contributed by atoms with van der Waals surface area (Å²) in [7, 11) is 1.79. The van der Waals surface area contributed by atoms with E-state index in [-0.39, 0.29) is 10.7 Å². The van der Waals surface area contributed by atoms with E-state index in [1.165, 1.54) is 0 Å². The molecule has 2 saturated heterocycles. The fraction of sp³-hybridized carbons (Fsp3) is 0.619. The molecule has 0 bridgehead atoms. The van der Waals surface area contributed by atoms with Crippen LogP contribution in [0.3, 0.4) is 0 Å². The SMILES string of the molecule is CCSC1(CNC(=NC)N2CCN(Cc3ccc(Cl)cc3)C(=O)C2)CCOCC1. The lowest BCUT2D eigenvalue weighted by Gasteiger charge is -2.39. The van der Waals surface area contributed by atoms with Crippen molar-refractivity contribution in [2.45, 2.75) is 31.1 Å². The number of nitrogens with zero attached hydrogens (tertiary/aromatic N) is 3. The van der Waals surface area contributed by atoms with Gasteiger partial charge in [0.2, 0.25) is 5.91 Å². The maximum absolute atomic E-state index is 12.7. The molecule has 29 heavy (non-hydrogen) atoms. The predicted molar refractivity (Wildman–Crippen MR) is 121 cm³/mol. The van der Waals surface area contributed by atoms with E-state index in [4.69, 9.17) is 16.3 Å². The molecule has 1 N–H and O–H groups in total. The number of carbonyl (C=O) groups is 1. The van der Waals surface area contributed by atoms with E-state index in [0.717, 1.165) is 56.4 Å². The molecule has 0 radical (unpaired) electrons. The highest BCUT2D eigenvalue weighted by atomic mass is 35.5. The lowest BCUT2D eigenvalue weighted by molar-refractivity contribution is -0.135. The molecular formula is C21H31ClN4O2S. The molecule has 160 valence electrons. The van der Waals surface area contributed by atoms with Gasteiger partial charge in [0.05, 0.1) is 6.54 Å². The number of rotatable bonds is 6. The number of ether oxygens (including phenoxy) is 1. The molecule has 0 unspecified atom stereocenters. The summed E-state index contributed by atoms with van der Waals surface area (Å²) in [6.45, 7) is 7.11. The Morgan fingerprint density at radius 2 is 2.00 bits per heavy atom. The van der Waals surface area contributed by atoms with Gasteiger partial charge in [-0.2, -0.15) is 11.8 Å². The zero-order valence-corrected chi connectivity index (χ0v) is 18.9. The summed E-state index contributed by atoms with van der Waals surface area (Å²) >= 11 is 7.95. The van der Waals surface area contributed by atoms with Crippen LogP contribution < -0.4 is 5.32 Å². The van der Waals surface area contributed by atoms with E-state index in [1.54, 1.807) is 7.05 Å². The van der Waals surface area contributed by atoms with Gasteiger partial charge in [-0.3, -0.25) is 9.79 Å². The van der Waals surface area contributed by atoms with Crippen LogP contribution in [0, 0.1) is 0 Å². The van der Waals surface area contributed by atoms with Crippen LogP contribution in [-0.4, -0.2) is 78.6 Å². The number of carbonyl (C=O) groups excluding carboxylic acids is 1. The minimum atomic E-state index is 0.123. The zero-order chi connectivity index (χ0) is 20.7. The van der Waals surface area contributed by atoms with Crippen molar-refractivity contribution in [2.75, 3.05) is 52.2 Å². The van der Waals surface area contributed by atoms with Crippen LogP contribution in [0.5, 0.6) is 0 Å². The Morgan fingerprint density at radius 3 is 2.62 bits per heavy atom. The first-order valence-electron chi connectivity index (χ1n) is 10.2. The molecule has 1 aromatic carbocycles. The summed E-state index contributed by atoms with van der Waals surface area (Å²) in [6.07, 6.45) is 2.09. The van der Waals surface area contributed by atoms with E-state index in [0.29, 0.717) is 24.7 Å². The van der Waals surface area contributed by atoms with Crippen molar-refractivity contribution in [2.24, 2.45) is 4.99 Å². The van der Waals surface area contributed by atoms with Crippen molar-refractivity contribution in [3.8, 4) is 0 Å². The lowest BCUT2D eigenvalue weighted by Crippen LogP contribution is -2.56. The molecule has 2 aliphatic rings. The second-order valence-electron chi connectivity index (χ2n) is 7.49. The van der Waals surface area contributed by atoms with Crippen molar-refractivity contribution < 1.29 is 9.53 Å². The third kappa shape index (κ3) is 6.03. The first-order chi connectivity index (χ1) is 14.0. The number of piperazine rings is 1. The van der Waals surface area contributed by atoms with E-state index >= 15 is 0 Å². The van der Waals surface area contributed by atoms with Crippen LogP contribution in [0.1, 0.15) is 25.3 Å². The number of amides is 1. The molecule has 8 heteroatoms. The van der Waals surface area contributed by atoms with Gasteiger partial charge in [0.1, 0.15) is 0 Å². The molecule has 2 heterocycles. The Balaban J connectivity index is 1.54. The third-order valence-electron chi connectivity index (χ3n) is 5.54. The van der Waals surface area contributed by atoms with Gasteiger partial charge in [0, 0.05) is 56.2 Å². The zero-order valence-electron chi connectivity index (χ0n) is 17.3. The Labute approximate surface area is 183 Å². The van der Waals surface area contributed by atoms with Crippen molar-refractivity contribution in [1.29, 1.82) is 0 Å². The largest absolute Gasteiger partial charge is 0.381 e. The van der Waals surface area contributed by atoms with Gasteiger partial charge in [-0.15, -0.1) is 0 Å². The Morgan fingerprint density at radius 1 is 1.28 bits per heavy atom. The van der Waals surface area contributed by atoms with Gasteiger partial charge in [-0.05, 0) is 36.3 Å². The summed E-state index contributed by atoms with van der Waals surface area (Å²) in [4.78, 5) is 21.1. The number of hydrogen-bond donors (Lipinski definition) is 1. The summed E-state index contributed by atoms with van der Waals surface area (Å²) in [5.41, 5.74) is 1.09. The van der Waals surface area contributed by atoms with E-state index in [2.05, 4.69) is 22.1 Å². The Bertz CT molecular complexity index is 702. The quantitative estimate of drug-likeness (QED) is 0.546. The van der Waals surface area contributed by atoms with Crippen molar-refractivity contribution >= 4 is 35.2 Å². The van der Waals surface area contributed by atoms with Crippen LogP contribution in [-0.2, 0) is 16.1 Å². The highest BCUT2D eigenvalue weighted by Gasteiger charge is 2.34. The molecule has 6 nitrogen and oxygen atoms in total. The molecule has 0 aliphatic carbocycles. The fourth-order valence-electron chi connectivity index (χ4n) is 3.86. The van der Waals surface area contributed by atoms with Gasteiger partial charge >= 0.3 is 0 Å². The first kappa shape index (κ1) is 22.2. The maximum Gasteiger partial charge on any atom is 0.242 e. The van der Waals surface area contributed by atoms with Gasteiger partial charge in [0.25, 0.3) is 0 Å². The second kappa shape index (κ2) is 10.5. The molecule has 1 amide bonds.